The first-order chi connectivity index (χ1) is 26.8. The van der Waals surface area contributed by atoms with Gasteiger partial charge in [-0.25, -0.2) is 9.97 Å². The minimum absolute atomic E-state index is 0.540. The van der Waals surface area contributed by atoms with E-state index in [9.17, 15) is 0 Å². The molecule has 0 atom stereocenters. The summed E-state index contributed by atoms with van der Waals surface area (Å²) in [7, 11) is 0. The fourth-order valence-corrected chi connectivity index (χ4v) is 11.4. The molecule has 0 amide bonds. The number of furan rings is 1. The quantitative estimate of drug-likeness (QED) is 0.178. The minimum atomic E-state index is 0.540. The lowest BCUT2D eigenvalue weighted by Crippen LogP contribution is -2.03. The van der Waals surface area contributed by atoms with Crippen molar-refractivity contribution in [3.63, 3.8) is 0 Å². The monoisotopic (exact) mass is 723 g/mol. The normalized spacial score (nSPS) is 12.4. The third-order valence-corrected chi connectivity index (χ3v) is 13.6. The molecule has 0 aliphatic carbocycles. The van der Waals surface area contributed by atoms with Crippen molar-refractivity contribution in [1.29, 1.82) is 0 Å². The molecule has 0 radical (unpaired) electrons. The largest absolute Gasteiger partial charge is 0.436 e. The number of benzene rings is 8. The van der Waals surface area contributed by atoms with Gasteiger partial charge in [0.1, 0.15) is 16.8 Å². The molecule has 0 aliphatic rings. The molecule has 0 fully saturated rings. The Kier molecular flexibility index (Phi) is 5.63. The molecule has 0 saturated carbocycles. The Morgan fingerprint density at radius 3 is 2.02 bits per heavy atom. The summed E-state index contributed by atoms with van der Waals surface area (Å²) in [6.45, 7) is 0. The number of para-hydroxylation sites is 2. The van der Waals surface area contributed by atoms with Gasteiger partial charge < -0.3 is 4.42 Å². The zero-order chi connectivity index (χ0) is 35.1. The van der Waals surface area contributed by atoms with Gasteiger partial charge in [0.25, 0.3) is 0 Å². The summed E-state index contributed by atoms with van der Waals surface area (Å²) in [6.07, 6.45) is 0. The predicted octanol–water partition coefficient (Wildman–Crippen LogP) is 14.2. The van der Waals surface area contributed by atoms with Crippen molar-refractivity contribution >= 4 is 129 Å². The van der Waals surface area contributed by atoms with Gasteiger partial charge >= 0.3 is 0 Å². The molecule has 0 aliphatic heterocycles. The van der Waals surface area contributed by atoms with Crippen molar-refractivity contribution in [2.24, 2.45) is 0 Å². The van der Waals surface area contributed by atoms with Gasteiger partial charge in [-0.3, -0.25) is 4.57 Å². The molecule has 6 heteroatoms. The van der Waals surface area contributed by atoms with Crippen LogP contribution in [0.1, 0.15) is 0 Å². The lowest BCUT2D eigenvalue weighted by molar-refractivity contribution is 0.653. The van der Waals surface area contributed by atoms with Crippen LogP contribution in [0.2, 0.25) is 0 Å². The van der Waals surface area contributed by atoms with Crippen LogP contribution in [-0.2, 0) is 0 Å². The summed E-state index contributed by atoms with van der Waals surface area (Å²) in [6, 6.07) is 54.5. The van der Waals surface area contributed by atoms with Gasteiger partial charge in [0, 0.05) is 57.4 Å². The first-order valence-electron chi connectivity index (χ1n) is 18.1. The van der Waals surface area contributed by atoms with Crippen LogP contribution in [0.15, 0.2) is 156 Å². The van der Waals surface area contributed by atoms with E-state index in [-0.39, 0.29) is 0 Å². The van der Waals surface area contributed by atoms with Gasteiger partial charge in [-0.1, -0.05) is 115 Å². The van der Waals surface area contributed by atoms with E-state index in [0.717, 1.165) is 44.6 Å². The summed E-state index contributed by atoms with van der Waals surface area (Å²) >= 11 is 3.68. The number of rotatable bonds is 2. The van der Waals surface area contributed by atoms with E-state index in [0.29, 0.717) is 5.71 Å². The van der Waals surface area contributed by atoms with Gasteiger partial charge in [-0.2, -0.15) is 0 Å². The number of aromatic nitrogens is 3. The van der Waals surface area contributed by atoms with Crippen LogP contribution < -0.4 is 0 Å². The maximum atomic E-state index is 6.46. The van der Waals surface area contributed by atoms with E-state index in [4.69, 9.17) is 14.4 Å². The molecule has 250 valence electrons. The van der Waals surface area contributed by atoms with Gasteiger partial charge in [-0.15, -0.1) is 22.7 Å². The fourth-order valence-electron chi connectivity index (χ4n) is 8.87. The number of thiophene rings is 2. The van der Waals surface area contributed by atoms with E-state index < -0.39 is 0 Å². The highest BCUT2D eigenvalue weighted by Crippen LogP contribution is 2.50. The molecule has 0 saturated heterocycles. The molecule has 0 spiro atoms. The van der Waals surface area contributed by atoms with Crippen LogP contribution >= 0.6 is 22.7 Å². The first kappa shape index (κ1) is 28.9. The van der Waals surface area contributed by atoms with Crippen molar-refractivity contribution in [3.8, 4) is 17.1 Å². The van der Waals surface area contributed by atoms with Crippen molar-refractivity contribution < 1.29 is 4.42 Å². The second kappa shape index (κ2) is 10.5. The third kappa shape index (κ3) is 3.75. The van der Waals surface area contributed by atoms with Crippen LogP contribution in [0.25, 0.3) is 123 Å². The second-order valence-electron chi connectivity index (χ2n) is 14.1. The molecule has 0 unspecified atom stereocenters. The number of hydrogen-bond acceptors (Lipinski definition) is 5. The highest BCUT2D eigenvalue weighted by Gasteiger charge is 2.27. The maximum Gasteiger partial charge on any atom is 0.247 e. The molecule has 0 N–H and O–H groups in total. The molecule has 54 heavy (non-hydrogen) atoms. The van der Waals surface area contributed by atoms with E-state index in [1.165, 1.54) is 72.7 Å². The Bertz CT molecular complexity index is 3750. The predicted molar refractivity (Wildman–Crippen MR) is 230 cm³/mol. The highest BCUT2D eigenvalue weighted by molar-refractivity contribution is 7.27. The summed E-state index contributed by atoms with van der Waals surface area (Å²) in [5.41, 5.74) is 6.18. The minimum Gasteiger partial charge on any atom is -0.436 e. The van der Waals surface area contributed by atoms with E-state index in [2.05, 4.69) is 138 Å². The molecule has 13 aromatic rings. The summed E-state index contributed by atoms with van der Waals surface area (Å²) < 4.78 is 13.8. The van der Waals surface area contributed by atoms with E-state index >= 15 is 0 Å². The molecule has 8 aromatic carbocycles. The summed E-state index contributed by atoms with van der Waals surface area (Å²) in [5.74, 6) is 0.796. The molecule has 5 aromatic heterocycles. The number of hydrogen-bond donors (Lipinski definition) is 0. The number of nitrogens with zero attached hydrogens (tertiary/aromatic N) is 3. The van der Waals surface area contributed by atoms with Crippen LogP contribution in [-0.4, -0.2) is 14.5 Å². The van der Waals surface area contributed by atoms with Gasteiger partial charge in [0.05, 0.1) is 15.7 Å². The zero-order valence-electron chi connectivity index (χ0n) is 28.5. The molecule has 5 heterocycles. The summed E-state index contributed by atoms with van der Waals surface area (Å²) in [4.78, 5) is 11.1. The van der Waals surface area contributed by atoms with Gasteiger partial charge in [-0.05, 0) is 57.9 Å². The van der Waals surface area contributed by atoms with Gasteiger partial charge in [0.2, 0.25) is 5.71 Å². The lowest BCUT2D eigenvalue weighted by atomic mass is 9.98. The SMILES string of the molecule is c1ccc2cc3c(cc2c1)sc1c3c2ccccc2c2c3ccccc3n(-c3nc4c(nc3-c3cccc5c3sc3ccccc35)oc3ccccc34)c12. The molecule has 4 nitrogen and oxygen atoms in total. The summed E-state index contributed by atoms with van der Waals surface area (Å²) in [5, 5.41) is 13.4. The standard InChI is InChI=1S/C48H25N3OS2/c1-2-13-27-25-39-35(24-26(27)12-1)41-30-16-4-3-15-29(30)40-32-17-5-8-21-36(32)51(44(40)46(41)54-39)47-42(50-48-43(49-47)33-18-6-9-22-37(33)52-48)34-20-11-19-31-28-14-7-10-23-38(28)53-45(31)34/h1-25H. The fraction of sp³-hybridized carbons (Fsp3) is 0. The third-order valence-electron chi connectivity index (χ3n) is 11.2. The van der Waals surface area contributed by atoms with Crippen LogP contribution in [0, 0.1) is 0 Å². The van der Waals surface area contributed by atoms with E-state index in [1.807, 2.05) is 40.9 Å². The van der Waals surface area contributed by atoms with Crippen molar-refractivity contribution in [3.05, 3.63) is 152 Å². The average molecular weight is 724 g/mol. The van der Waals surface area contributed by atoms with Crippen LogP contribution in [0.4, 0.5) is 0 Å². The molecular weight excluding hydrogens is 699 g/mol. The Labute approximate surface area is 314 Å². The Morgan fingerprint density at radius 2 is 1.15 bits per heavy atom. The van der Waals surface area contributed by atoms with Gasteiger partial charge in [0.15, 0.2) is 5.82 Å². The smallest absolute Gasteiger partial charge is 0.247 e. The van der Waals surface area contributed by atoms with Crippen molar-refractivity contribution in [1.82, 2.24) is 14.5 Å². The van der Waals surface area contributed by atoms with Crippen molar-refractivity contribution in [2.45, 2.75) is 0 Å². The Hall–Kier alpha value is -6.60. The highest BCUT2D eigenvalue weighted by atomic mass is 32.1. The lowest BCUT2D eigenvalue weighted by Gasteiger charge is -2.14. The Morgan fingerprint density at radius 1 is 0.481 bits per heavy atom. The topological polar surface area (TPSA) is 43.9 Å². The van der Waals surface area contributed by atoms with Crippen molar-refractivity contribution in [2.75, 3.05) is 0 Å². The molecule has 13 rings (SSSR count). The maximum absolute atomic E-state index is 6.46. The zero-order valence-corrected chi connectivity index (χ0v) is 30.1. The first-order valence-corrected chi connectivity index (χ1v) is 19.7. The molecule has 0 bridgehead atoms. The van der Waals surface area contributed by atoms with E-state index in [1.54, 1.807) is 0 Å². The Balaban J connectivity index is 1.27. The molecular formula is C48H25N3OS2. The van der Waals surface area contributed by atoms with Crippen LogP contribution in [0.5, 0.6) is 0 Å². The number of fused-ring (bicyclic) bond motifs is 17. The second-order valence-corrected chi connectivity index (χ2v) is 16.2. The average Bonchev–Trinajstić information content (AvgIpc) is 3.98. The van der Waals surface area contributed by atoms with Crippen LogP contribution in [0.3, 0.4) is 0 Å².